The van der Waals surface area contributed by atoms with Crippen molar-refractivity contribution in [1.82, 2.24) is 4.90 Å². The zero-order valence-corrected chi connectivity index (χ0v) is 13.6. The monoisotopic (exact) mass is 343 g/mol. The predicted molar refractivity (Wildman–Crippen MR) is 82.6 cm³/mol. The van der Waals surface area contributed by atoms with Crippen LogP contribution in [0, 0.1) is 5.92 Å². The van der Waals surface area contributed by atoms with E-state index in [0.717, 1.165) is 23.4 Å². The topological polar surface area (TPSA) is 20.3 Å². The predicted octanol–water partition coefficient (Wildman–Crippen LogP) is 4.25. The molecule has 0 N–H and O–H groups in total. The van der Waals surface area contributed by atoms with Crippen LogP contribution in [0.1, 0.15) is 32.3 Å². The van der Waals surface area contributed by atoms with E-state index in [4.69, 9.17) is 11.6 Å². The summed E-state index contributed by atoms with van der Waals surface area (Å²) in [6, 6.07) is 8.15. The Morgan fingerprint density at radius 1 is 1.37 bits per heavy atom. The fourth-order valence-electron chi connectivity index (χ4n) is 2.00. The first kappa shape index (κ1) is 14.9. The van der Waals surface area contributed by atoms with E-state index < -0.39 is 0 Å². The first-order chi connectivity index (χ1) is 8.99. The van der Waals surface area contributed by atoms with Crippen molar-refractivity contribution in [1.29, 1.82) is 0 Å². The second-order valence-corrected chi connectivity index (χ2v) is 6.89. The first-order valence-electron chi connectivity index (χ1n) is 6.68. The van der Waals surface area contributed by atoms with Gasteiger partial charge >= 0.3 is 0 Å². The Bertz CT molecular complexity index is 442. The van der Waals surface area contributed by atoms with Gasteiger partial charge in [0.25, 0.3) is 0 Å². The number of halogens is 2. The summed E-state index contributed by atoms with van der Waals surface area (Å²) in [5, 5.41) is 0.730. The highest BCUT2D eigenvalue weighted by Gasteiger charge is 2.35. The van der Waals surface area contributed by atoms with Gasteiger partial charge in [-0.2, -0.15) is 0 Å². The molecule has 1 aromatic rings. The number of hydrogen-bond donors (Lipinski definition) is 0. The van der Waals surface area contributed by atoms with Crippen LogP contribution in [-0.2, 0) is 11.3 Å². The molecule has 0 bridgehead atoms. The van der Waals surface area contributed by atoms with E-state index >= 15 is 0 Å². The molecule has 0 heterocycles. The van der Waals surface area contributed by atoms with Crippen molar-refractivity contribution in [3.8, 4) is 0 Å². The highest BCUT2D eigenvalue weighted by molar-refractivity contribution is 9.10. The van der Waals surface area contributed by atoms with Crippen molar-refractivity contribution in [3.63, 3.8) is 0 Å². The van der Waals surface area contributed by atoms with Gasteiger partial charge in [-0.3, -0.25) is 4.79 Å². The molecular formula is C15H19BrClNO. The summed E-state index contributed by atoms with van der Waals surface area (Å²) in [4.78, 5) is 14.4. The Hall–Kier alpha value is -0.540. The van der Waals surface area contributed by atoms with Gasteiger partial charge in [0.1, 0.15) is 0 Å². The van der Waals surface area contributed by atoms with Crippen LogP contribution in [0.2, 0.25) is 5.02 Å². The summed E-state index contributed by atoms with van der Waals surface area (Å²) < 4.78 is 0. The molecular weight excluding hydrogens is 326 g/mol. The molecule has 2 rings (SSSR count). The average molecular weight is 345 g/mol. The molecule has 0 saturated heterocycles. The smallest absolute Gasteiger partial charge is 0.237 e. The number of alkyl halides is 1. The van der Waals surface area contributed by atoms with E-state index in [1.54, 1.807) is 0 Å². The largest absolute Gasteiger partial charge is 0.334 e. The van der Waals surface area contributed by atoms with Crippen LogP contribution >= 0.6 is 27.5 Å². The lowest BCUT2D eigenvalue weighted by atomic mass is 10.1. The van der Waals surface area contributed by atoms with Crippen molar-refractivity contribution in [3.05, 3.63) is 34.9 Å². The van der Waals surface area contributed by atoms with E-state index in [9.17, 15) is 4.79 Å². The van der Waals surface area contributed by atoms with Gasteiger partial charge in [-0.1, -0.05) is 53.5 Å². The number of nitrogens with zero attached hydrogens (tertiary/aromatic N) is 1. The third-order valence-electron chi connectivity index (χ3n) is 3.36. The second kappa shape index (κ2) is 6.27. The Balaban J connectivity index is 2.08. The van der Waals surface area contributed by atoms with E-state index in [1.807, 2.05) is 29.2 Å². The molecule has 1 fully saturated rings. The zero-order chi connectivity index (χ0) is 14.0. The fourth-order valence-corrected chi connectivity index (χ4v) is 2.39. The molecule has 1 saturated carbocycles. The van der Waals surface area contributed by atoms with Crippen molar-refractivity contribution in [2.75, 3.05) is 0 Å². The van der Waals surface area contributed by atoms with Gasteiger partial charge in [0.05, 0.1) is 4.83 Å². The first-order valence-corrected chi connectivity index (χ1v) is 7.97. The highest BCUT2D eigenvalue weighted by Crippen LogP contribution is 2.31. The lowest BCUT2D eigenvalue weighted by Crippen LogP contribution is -2.39. The third kappa shape index (κ3) is 3.96. The molecule has 19 heavy (non-hydrogen) atoms. The van der Waals surface area contributed by atoms with Crippen molar-refractivity contribution >= 4 is 33.4 Å². The summed E-state index contributed by atoms with van der Waals surface area (Å²) in [5.74, 6) is 0.506. The number of rotatable bonds is 5. The van der Waals surface area contributed by atoms with Gasteiger partial charge in [0.15, 0.2) is 0 Å². The van der Waals surface area contributed by atoms with Crippen molar-refractivity contribution < 1.29 is 4.79 Å². The standard InChI is InChI=1S/C15H19BrClNO/c1-10(2)14(16)15(19)18(13-7-8-13)9-11-3-5-12(17)6-4-11/h3-6,10,13-14H,7-9H2,1-2H3. The molecule has 1 aromatic carbocycles. The van der Waals surface area contributed by atoms with Gasteiger partial charge in [-0.15, -0.1) is 0 Å². The number of amides is 1. The van der Waals surface area contributed by atoms with E-state index in [-0.39, 0.29) is 10.7 Å². The van der Waals surface area contributed by atoms with Crippen LogP contribution in [0.25, 0.3) is 0 Å². The van der Waals surface area contributed by atoms with Crippen LogP contribution < -0.4 is 0 Å². The Kier molecular flexibility index (Phi) is 4.91. The maximum absolute atomic E-state index is 12.5. The van der Waals surface area contributed by atoms with Crippen LogP contribution in [0.3, 0.4) is 0 Å². The molecule has 1 aliphatic carbocycles. The summed E-state index contributed by atoms with van der Waals surface area (Å²) in [6.07, 6.45) is 2.24. The molecule has 0 radical (unpaired) electrons. The summed E-state index contributed by atoms with van der Waals surface area (Å²) in [5.41, 5.74) is 1.13. The molecule has 1 amide bonds. The maximum atomic E-state index is 12.5. The summed E-state index contributed by atoms with van der Waals surface area (Å²) in [6.45, 7) is 4.80. The van der Waals surface area contributed by atoms with Gasteiger partial charge in [0.2, 0.25) is 5.91 Å². The number of benzene rings is 1. The molecule has 4 heteroatoms. The summed E-state index contributed by atoms with van der Waals surface area (Å²) in [7, 11) is 0. The van der Waals surface area contributed by atoms with Crippen LogP contribution in [0.5, 0.6) is 0 Å². The SMILES string of the molecule is CC(C)C(Br)C(=O)N(Cc1ccc(Cl)cc1)C1CC1. The molecule has 104 valence electrons. The molecule has 1 aliphatic rings. The van der Waals surface area contributed by atoms with Crippen LogP contribution in [-0.4, -0.2) is 21.7 Å². The van der Waals surface area contributed by atoms with Crippen molar-refractivity contribution in [2.24, 2.45) is 5.92 Å². The molecule has 1 unspecified atom stereocenters. The highest BCUT2D eigenvalue weighted by atomic mass is 79.9. The number of carbonyl (C=O) groups is 1. The molecule has 2 nitrogen and oxygen atoms in total. The van der Waals surface area contributed by atoms with E-state index in [0.29, 0.717) is 18.5 Å². The number of hydrogen-bond acceptors (Lipinski definition) is 1. The minimum Gasteiger partial charge on any atom is -0.334 e. The quantitative estimate of drug-likeness (QED) is 0.731. The van der Waals surface area contributed by atoms with Gasteiger partial charge < -0.3 is 4.90 Å². The minimum atomic E-state index is -0.0969. The van der Waals surface area contributed by atoms with Gasteiger partial charge in [-0.05, 0) is 36.5 Å². The molecule has 0 aromatic heterocycles. The molecule has 0 aliphatic heterocycles. The third-order valence-corrected chi connectivity index (χ3v) is 5.06. The van der Waals surface area contributed by atoms with Crippen molar-refractivity contribution in [2.45, 2.75) is 44.1 Å². The maximum Gasteiger partial charge on any atom is 0.237 e. The lowest BCUT2D eigenvalue weighted by molar-refractivity contribution is -0.132. The average Bonchev–Trinajstić information content (AvgIpc) is 3.20. The van der Waals surface area contributed by atoms with Crippen LogP contribution in [0.4, 0.5) is 0 Å². The van der Waals surface area contributed by atoms with Crippen LogP contribution in [0.15, 0.2) is 24.3 Å². The minimum absolute atomic E-state index is 0.0969. The molecule has 0 spiro atoms. The fraction of sp³-hybridized carbons (Fsp3) is 0.533. The lowest BCUT2D eigenvalue weighted by Gasteiger charge is -2.26. The summed E-state index contributed by atoms with van der Waals surface area (Å²) >= 11 is 9.41. The van der Waals surface area contributed by atoms with E-state index in [1.165, 1.54) is 0 Å². The number of carbonyl (C=O) groups excluding carboxylic acids is 1. The Morgan fingerprint density at radius 3 is 2.42 bits per heavy atom. The normalized spacial score (nSPS) is 16.5. The van der Waals surface area contributed by atoms with Gasteiger partial charge in [0, 0.05) is 17.6 Å². The Labute approximate surface area is 128 Å². The van der Waals surface area contributed by atoms with Gasteiger partial charge in [-0.25, -0.2) is 0 Å². The zero-order valence-electron chi connectivity index (χ0n) is 11.3. The second-order valence-electron chi connectivity index (χ2n) is 5.47. The molecule has 1 atom stereocenters. The van der Waals surface area contributed by atoms with E-state index in [2.05, 4.69) is 29.8 Å². The Morgan fingerprint density at radius 2 is 1.95 bits per heavy atom.